The van der Waals surface area contributed by atoms with E-state index in [1.807, 2.05) is 26.0 Å². The molecular weight excluding hydrogens is 284 g/mol. The van der Waals surface area contributed by atoms with Gasteiger partial charge in [-0.05, 0) is 49.3 Å². The topological polar surface area (TPSA) is 72.5 Å². The highest BCUT2D eigenvalue weighted by Crippen LogP contribution is 2.21. The molecule has 0 bridgehead atoms. The number of aliphatic imine (C=N–C) groups is 1. The SMILES string of the molecule is CCCS(=O)(=O)c1ccc(N=C2CC=C(N)C=C2C)cc1. The van der Waals surface area contributed by atoms with Crippen LogP contribution in [-0.4, -0.2) is 19.9 Å². The average Bonchev–Trinajstić information content (AvgIpc) is 2.42. The minimum atomic E-state index is -3.16. The minimum Gasteiger partial charge on any atom is -0.399 e. The first kappa shape index (κ1) is 15.5. The number of rotatable bonds is 4. The lowest BCUT2D eigenvalue weighted by molar-refractivity contribution is 0.595. The zero-order chi connectivity index (χ0) is 15.5. The predicted molar refractivity (Wildman–Crippen MR) is 86.5 cm³/mol. The number of sulfone groups is 1. The average molecular weight is 304 g/mol. The number of hydrogen-bond donors (Lipinski definition) is 1. The maximum Gasteiger partial charge on any atom is 0.178 e. The summed E-state index contributed by atoms with van der Waals surface area (Å²) in [5, 5.41) is 0. The monoisotopic (exact) mass is 304 g/mol. The van der Waals surface area contributed by atoms with Crippen molar-refractivity contribution < 1.29 is 8.42 Å². The first-order valence-electron chi connectivity index (χ1n) is 6.97. The van der Waals surface area contributed by atoms with Gasteiger partial charge in [-0.2, -0.15) is 0 Å². The molecule has 0 saturated heterocycles. The highest BCUT2D eigenvalue weighted by molar-refractivity contribution is 7.91. The fourth-order valence-corrected chi connectivity index (χ4v) is 3.50. The highest BCUT2D eigenvalue weighted by atomic mass is 32.2. The van der Waals surface area contributed by atoms with Gasteiger partial charge in [-0.1, -0.05) is 13.0 Å². The van der Waals surface area contributed by atoms with Crippen molar-refractivity contribution in [2.24, 2.45) is 10.7 Å². The van der Waals surface area contributed by atoms with Gasteiger partial charge in [-0.25, -0.2) is 8.42 Å². The first-order chi connectivity index (χ1) is 9.92. The van der Waals surface area contributed by atoms with Crippen LogP contribution in [0.25, 0.3) is 0 Å². The molecule has 4 nitrogen and oxygen atoms in total. The molecule has 2 rings (SSSR count). The molecule has 0 amide bonds. The number of allylic oxidation sites excluding steroid dienone is 3. The molecule has 0 spiro atoms. The third-order valence-corrected chi connectivity index (χ3v) is 5.24. The van der Waals surface area contributed by atoms with Gasteiger partial charge in [0.25, 0.3) is 0 Å². The molecule has 0 aromatic heterocycles. The summed E-state index contributed by atoms with van der Waals surface area (Å²) < 4.78 is 23.9. The van der Waals surface area contributed by atoms with Gasteiger partial charge >= 0.3 is 0 Å². The Hall–Kier alpha value is -1.88. The molecule has 2 N–H and O–H groups in total. The molecule has 0 heterocycles. The Balaban J connectivity index is 2.23. The van der Waals surface area contributed by atoms with Gasteiger partial charge in [-0.15, -0.1) is 0 Å². The second-order valence-electron chi connectivity index (χ2n) is 5.11. The van der Waals surface area contributed by atoms with Crippen LogP contribution in [0.5, 0.6) is 0 Å². The normalized spacial score (nSPS) is 17.5. The Kier molecular flexibility index (Phi) is 4.63. The molecule has 0 atom stereocenters. The minimum absolute atomic E-state index is 0.173. The molecule has 5 heteroatoms. The van der Waals surface area contributed by atoms with Gasteiger partial charge < -0.3 is 5.73 Å². The summed E-state index contributed by atoms with van der Waals surface area (Å²) in [7, 11) is -3.16. The summed E-state index contributed by atoms with van der Waals surface area (Å²) >= 11 is 0. The predicted octanol–water partition coefficient (Wildman–Crippen LogP) is 3.14. The summed E-state index contributed by atoms with van der Waals surface area (Å²) in [6, 6.07) is 6.72. The van der Waals surface area contributed by atoms with Crippen LogP contribution in [0.4, 0.5) is 5.69 Å². The lowest BCUT2D eigenvalue weighted by Crippen LogP contribution is -2.08. The molecule has 0 radical (unpaired) electrons. The van der Waals surface area contributed by atoms with Crippen molar-refractivity contribution in [2.75, 3.05) is 5.75 Å². The molecule has 1 aromatic carbocycles. The Morgan fingerprint density at radius 3 is 2.48 bits per heavy atom. The van der Waals surface area contributed by atoms with Gasteiger partial charge in [0, 0.05) is 17.8 Å². The standard InChI is InChI=1S/C16H20N2O2S/c1-3-10-21(19,20)15-7-5-14(6-8-15)18-16-9-4-13(17)11-12(16)2/h4-8,11H,3,9-10,17H2,1-2H3. The van der Waals surface area contributed by atoms with Gasteiger partial charge in [0.15, 0.2) is 9.84 Å². The van der Waals surface area contributed by atoms with Crippen molar-refractivity contribution in [3.63, 3.8) is 0 Å². The molecule has 0 saturated carbocycles. The van der Waals surface area contributed by atoms with E-state index in [1.54, 1.807) is 24.3 Å². The molecule has 112 valence electrons. The summed E-state index contributed by atoms with van der Waals surface area (Å²) in [5.74, 6) is 0.173. The van der Waals surface area contributed by atoms with Crippen molar-refractivity contribution in [2.45, 2.75) is 31.6 Å². The van der Waals surface area contributed by atoms with Crippen LogP contribution < -0.4 is 5.73 Å². The van der Waals surface area contributed by atoms with Crippen molar-refractivity contribution in [1.82, 2.24) is 0 Å². The van der Waals surface area contributed by atoms with Crippen LogP contribution in [0, 0.1) is 0 Å². The van der Waals surface area contributed by atoms with E-state index in [9.17, 15) is 8.42 Å². The fraction of sp³-hybridized carbons (Fsp3) is 0.312. The van der Waals surface area contributed by atoms with Crippen LogP contribution in [0.15, 0.2) is 57.6 Å². The molecular formula is C16H20N2O2S. The summed E-state index contributed by atoms with van der Waals surface area (Å²) in [5.41, 5.74) is 9.24. The third-order valence-electron chi connectivity index (χ3n) is 3.30. The zero-order valence-electron chi connectivity index (χ0n) is 12.3. The van der Waals surface area contributed by atoms with E-state index in [4.69, 9.17) is 5.73 Å². The number of hydrogen-bond acceptors (Lipinski definition) is 4. The Bertz CT molecular complexity index is 711. The number of benzene rings is 1. The lowest BCUT2D eigenvalue weighted by Gasteiger charge is -2.11. The van der Waals surface area contributed by atoms with Gasteiger partial charge in [0.05, 0.1) is 16.3 Å². The molecule has 1 aliphatic carbocycles. The number of nitrogens with two attached hydrogens (primary N) is 1. The number of nitrogens with zero attached hydrogens (tertiary/aromatic N) is 1. The van der Waals surface area contributed by atoms with Gasteiger partial charge in [-0.3, -0.25) is 4.99 Å². The van der Waals surface area contributed by atoms with Crippen molar-refractivity contribution >= 4 is 21.2 Å². The van der Waals surface area contributed by atoms with Crippen LogP contribution in [-0.2, 0) is 9.84 Å². The largest absolute Gasteiger partial charge is 0.399 e. The van der Waals surface area contributed by atoms with E-state index in [0.717, 1.165) is 22.7 Å². The van der Waals surface area contributed by atoms with E-state index < -0.39 is 9.84 Å². The summed E-state index contributed by atoms with van der Waals surface area (Å²) in [6.45, 7) is 3.83. The molecule has 21 heavy (non-hydrogen) atoms. The lowest BCUT2D eigenvalue weighted by atomic mass is 10.0. The maximum absolute atomic E-state index is 12.0. The van der Waals surface area contributed by atoms with Gasteiger partial charge in [0.2, 0.25) is 0 Å². The molecule has 0 aliphatic heterocycles. The van der Waals surface area contributed by atoms with E-state index in [0.29, 0.717) is 17.7 Å². The van der Waals surface area contributed by atoms with Crippen LogP contribution in [0.2, 0.25) is 0 Å². The van der Waals surface area contributed by atoms with Crippen LogP contribution >= 0.6 is 0 Å². The van der Waals surface area contributed by atoms with Crippen LogP contribution in [0.3, 0.4) is 0 Å². The maximum atomic E-state index is 12.0. The molecule has 1 aliphatic rings. The van der Waals surface area contributed by atoms with Gasteiger partial charge in [0.1, 0.15) is 0 Å². The zero-order valence-corrected chi connectivity index (χ0v) is 13.2. The fourth-order valence-electron chi connectivity index (χ4n) is 2.17. The van der Waals surface area contributed by atoms with E-state index in [1.165, 1.54) is 0 Å². The first-order valence-corrected chi connectivity index (χ1v) is 8.62. The van der Waals surface area contributed by atoms with Crippen molar-refractivity contribution in [3.8, 4) is 0 Å². The smallest absolute Gasteiger partial charge is 0.178 e. The van der Waals surface area contributed by atoms with E-state index in [-0.39, 0.29) is 5.75 Å². The Morgan fingerprint density at radius 2 is 1.90 bits per heavy atom. The highest BCUT2D eigenvalue weighted by Gasteiger charge is 2.13. The second kappa shape index (κ2) is 6.26. The van der Waals surface area contributed by atoms with Crippen LogP contribution in [0.1, 0.15) is 26.7 Å². The third kappa shape index (κ3) is 3.82. The second-order valence-corrected chi connectivity index (χ2v) is 7.22. The molecule has 0 fully saturated rings. The van der Waals surface area contributed by atoms with Crippen molar-refractivity contribution in [3.05, 3.63) is 47.7 Å². The van der Waals surface area contributed by atoms with E-state index in [2.05, 4.69) is 4.99 Å². The molecule has 0 unspecified atom stereocenters. The Morgan fingerprint density at radius 1 is 1.24 bits per heavy atom. The Labute approximate surface area is 126 Å². The summed E-state index contributed by atoms with van der Waals surface area (Å²) in [4.78, 5) is 4.91. The quantitative estimate of drug-likeness (QED) is 0.928. The molecule has 1 aromatic rings. The van der Waals surface area contributed by atoms with E-state index >= 15 is 0 Å². The van der Waals surface area contributed by atoms with Crippen molar-refractivity contribution in [1.29, 1.82) is 0 Å². The summed E-state index contributed by atoms with van der Waals surface area (Å²) in [6.07, 6.45) is 5.13.